The van der Waals surface area contributed by atoms with E-state index in [2.05, 4.69) is 38.4 Å². The number of halogens is 2. The summed E-state index contributed by atoms with van der Waals surface area (Å²) in [7, 11) is 0. The zero-order chi connectivity index (χ0) is 21.2. The molecule has 3 heterocycles. The molecule has 0 unspecified atom stereocenters. The summed E-state index contributed by atoms with van der Waals surface area (Å²) >= 11 is 12.7. The highest BCUT2D eigenvalue weighted by atomic mass is 35.5. The number of morpholine rings is 1. The molecule has 0 atom stereocenters. The third kappa shape index (κ3) is 4.17. The minimum Gasteiger partial charge on any atom is -0.378 e. The van der Waals surface area contributed by atoms with Gasteiger partial charge in [-0.05, 0) is 42.0 Å². The lowest BCUT2D eigenvalue weighted by Crippen LogP contribution is -2.36. The van der Waals surface area contributed by atoms with Crippen molar-refractivity contribution in [1.29, 1.82) is 0 Å². The van der Waals surface area contributed by atoms with Crippen LogP contribution in [0.1, 0.15) is 0 Å². The van der Waals surface area contributed by atoms with E-state index in [0.717, 1.165) is 54.0 Å². The molecule has 4 aromatic rings. The number of benzene rings is 2. The molecule has 2 aromatic heterocycles. The molecule has 7 heteroatoms. The third-order valence-electron chi connectivity index (χ3n) is 5.39. The number of rotatable bonds is 4. The number of nitrogens with zero attached hydrogens (tertiary/aromatic N) is 3. The van der Waals surface area contributed by atoms with Gasteiger partial charge in [-0.15, -0.1) is 0 Å². The van der Waals surface area contributed by atoms with Crippen molar-refractivity contribution in [1.82, 2.24) is 9.97 Å². The van der Waals surface area contributed by atoms with Gasteiger partial charge < -0.3 is 15.0 Å². The summed E-state index contributed by atoms with van der Waals surface area (Å²) in [5.74, 6) is 0. The smallest absolute Gasteiger partial charge is 0.152 e. The fraction of sp³-hybridized carbons (Fsp3) is 0.167. The van der Waals surface area contributed by atoms with Crippen LogP contribution in [0, 0.1) is 0 Å². The second kappa shape index (κ2) is 8.71. The quantitative estimate of drug-likeness (QED) is 0.376. The van der Waals surface area contributed by atoms with E-state index in [1.807, 2.05) is 42.6 Å². The van der Waals surface area contributed by atoms with Gasteiger partial charge in [-0.1, -0.05) is 41.4 Å². The van der Waals surface area contributed by atoms with Crippen molar-refractivity contribution in [3.05, 3.63) is 77.2 Å². The Morgan fingerprint density at radius 2 is 1.71 bits per heavy atom. The minimum atomic E-state index is 0.389. The molecule has 1 aliphatic heterocycles. The van der Waals surface area contributed by atoms with Gasteiger partial charge in [0.05, 0.1) is 35.1 Å². The lowest BCUT2D eigenvalue weighted by atomic mass is 10.0. The Kier molecular flexibility index (Phi) is 5.64. The summed E-state index contributed by atoms with van der Waals surface area (Å²) in [6.07, 6.45) is 3.65. The Hall–Kier alpha value is -2.86. The van der Waals surface area contributed by atoms with Crippen molar-refractivity contribution >= 4 is 51.2 Å². The first-order chi connectivity index (χ1) is 15.2. The van der Waals surface area contributed by atoms with Gasteiger partial charge in [-0.2, -0.15) is 0 Å². The summed E-state index contributed by atoms with van der Waals surface area (Å²) in [5, 5.41) is 5.41. The van der Waals surface area contributed by atoms with Gasteiger partial charge in [0.2, 0.25) is 0 Å². The number of hydrogen-bond donors (Lipinski definition) is 1. The van der Waals surface area contributed by atoms with Crippen LogP contribution in [0.4, 0.5) is 17.1 Å². The van der Waals surface area contributed by atoms with E-state index in [9.17, 15) is 0 Å². The highest BCUT2D eigenvalue weighted by molar-refractivity contribution is 6.34. The second-order valence-corrected chi connectivity index (χ2v) is 8.09. The van der Waals surface area contributed by atoms with Gasteiger partial charge in [-0.25, -0.2) is 4.98 Å². The van der Waals surface area contributed by atoms with Crippen molar-refractivity contribution in [2.24, 2.45) is 0 Å². The van der Waals surface area contributed by atoms with E-state index in [0.29, 0.717) is 15.9 Å². The Balaban J connectivity index is 1.54. The average Bonchev–Trinajstić information content (AvgIpc) is 2.82. The summed E-state index contributed by atoms with van der Waals surface area (Å²) in [5.41, 5.74) is 5.61. The molecule has 1 saturated heterocycles. The third-order valence-corrected chi connectivity index (χ3v) is 6.02. The average molecular weight is 451 g/mol. The minimum absolute atomic E-state index is 0.389. The summed E-state index contributed by atoms with van der Waals surface area (Å²) < 4.78 is 5.51. The molecule has 156 valence electrons. The van der Waals surface area contributed by atoms with Gasteiger partial charge in [0.1, 0.15) is 0 Å². The number of para-hydroxylation sites is 1. The first-order valence-corrected chi connectivity index (χ1v) is 10.8. The van der Waals surface area contributed by atoms with E-state index in [1.165, 1.54) is 5.69 Å². The van der Waals surface area contributed by atoms with Crippen molar-refractivity contribution < 1.29 is 4.74 Å². The van der Waals surface area contributed by atoms with E-state index in [4.69, 9.17) is 27.9 Å². The highest BCUT2D eigenvalue weighted by Gasteiger charge is 2.15. The molecule has 0 saturated carbocycles. The van der Waals surface area contributed by atoms with Crippen molar-refractivity contribution in [3.8, 4) is 11.1 Å². The fourth-order valence-corrected chi connectivity index (χ4v) is 4.13. The van der Waals surface area contributed by atoms with Crippen molar-refractivity contribution in [2.75, 3.05) is 36.5 Å². The molecular weight excluding hydrogens is 431 g/mol. The lowest BCUT2D eigenvalue weighted by molar-refractivity contribution is 0.123. The van der Waals surface area contributed by atoms with Crippen LogP contribution < -0.4 is 10.2 Å². The van der Waals surface area contributed by atoms with Crippen molar-refractivity contribution in [2.45, 2.75) is 0 Å². The molecule has 5 nitrogen and oxygen atoms in total. The zero-order valence-corrected chi connectivity index (χ0v) is 18.2. The van der Waals surface area contributed by atoms with Gasteiger partial charge in [0, 0.05) is 42.1 Å². The van der Waals surface area contributed by atoms with Crippen LogP contribution in [-0.4, -0.2) is 36.3 Å². The van der Waals surface area contributed by atoms with E-state index < -0.39 is 0 Å². The zero-order valence-electron chi connectivity index (χ0n) is 16.7. The second-order valence-electron chi connectivity index (χ2n) is 7.33. The van der Waals surface area contributed by atoms with E-state index in [1.54, 1.807) is 6.20 Å². The SMILES string of the molecule is Clc1ccccc1Nc1cc(-c2ccc3nccc(N4CCOCC4)c3c2)cnc1Cl. The molecule has 1 N–H and O–H groups in total. The Bertz CT molecular complexity index is 1240. The predicted octanol–water partition coefficient (Wildman–Crippen LogP) is 6.18. The van der Waals surface area contributed by atoms with Gasteiger partial charge >= 0.3 is 0 Å². The summed E-state index contributed by atoms with van der Waals surface area (Å²) in [6.45, 7) is 3.22. The van der Waals surface area contributed by atoms with Crippen LogP contribution in [0.25, 0.3) is 22.0 Å². The maximum absolute atomic E-state index is 6.36. The Morgan fingerprint density at radius 1 is 0.871 bits per heavy atom. The molecule has 31 heavy (non-hydrogen) atoms. The van der Waals surface area contributed by atoms with Crippen LogP contribution in [0.3, 0.4) is 0 Å². The van der Waals surface area contributed by atoms with Crippen LogP contribution >= 0.6 is 23.2 Å². The highest BCUT2D eigenvalue weighted by Crippen LogP contribution is 2.34. The molecule has 0 aliphatic carbocycles. The Labute approximate surface area is 190 Å². The number of fused-ring (bicyclic) bond motifs is 1. The van der Waals surface area contributed by atoms with Crippen LogP contribution in [0.5, 0.6) is 0 Å². The number of aromatic nitrogens is 2. The maximum Gasteiger partial charge on any atom is 0.152 e. The standard InChI is InChI=1S/C24H20Cl2N4O/c25-19-3-1-2-4-21(19)29-22-14-17(15-28-24(22)26)16-5-6-20-18(13-16)23(7-8-27-20)30-9-11-31-12-10-30/h1-8,13-15,29H,9-12H2. The molecule has 2 aromatic carbocycles. The van der Waals surface area contributed by atoms with Crippen molar-refractivity contribution in [3.63, 3.8) is 0 Å². The maximum atomic E-state index is 6.36. The molecule has 0 spiro atoms. The predicted molar refractivity (Wildman–Crippen MR) is 128 cm³/mol. The van der Waals surface area contributed by atoms with Crippen LogP contribution in [0.2, 0.25) is 10.2 Å². The first-order valence-electron chi connectivity index (χ1n) is 10.1. The fourth-order valence-electron chi connectivity index (χ4n) is 3.79. The van der Waals surface area contributed by atoms with Crippen LogP contribution in [0.15, 0.2) is 67.0 Å². The number of anilines is 3. The normalized spacial score (nSPS) is 14.1. The molecule has 1 fully saturated rings. The molecular formula is C24H20Cl2N4O. The largest absolute Gasteiger partial charge is 0.378 e. The number of nitrogens with one attached hydrogen (secondary N) is 1. The van der Waals surface area contributed by atoms with Gasteiger partial charge in [0.15, 0.2) is 5.15 Å². The Morgan fingerprint density at radius 3 is 2.55 bits per heavy atom. The molecule has 1 aliphatic rings. The number of hydrogen-bond acceptors (Lipinski definition) is 5. The van der Waals surface area contributed by atoms with E-state index in [-0.39, 0.29) is 0 Å². The first kappa shape index (κ1) is 20.1. The van der Waals surface area contributed by atoms with Crippen LogP contribution in [-0.2, 0) is 4.74 Å². The monoisotopic (exact) mass is 450 g/mol. The molecule has 5 rings (SSSR count). The van der Waals surface area contributed by atoms with Gasteiger partial charge in [0.25, 0.3) is 0 Å². The molecule has 0 radical (unpaired) electrons. The number of pyridine rings is 2. The molecule has 0 bridgehead atoms. The number of ether oxygens (including phenoxy) is 1. The molecule has 0 amide bonds. The van der Waals surface area contributed by atoms with E-state index >= 15 is 0 Å². The summed E-state index contributed by atoms with van der Waals surface area (Å²) in [4.78, 5) is 11.3. The van der Waals surface area contributed by atoms with Gasteiger partial charge in [-0.3, -0.25) is 4.98 Å². The topological polar surface area (TPSA) is 50.3 Å². The summed E-state index contributed by atoms with van der Waals surface area (Å²) in [6, 6.07) is 17.9. The lowest BCUT2D eigenvalue weighted by Gasteiger charge is -2.29.